The maximum atomic E-state index is 13.7. The molecule has 2 aromatic rings. The zero-order valence-corrected chi connectivity index (χ0v) is 29.5. The largest absolute Gasteiger partial charge is 1.00 e. The average molecular weight is 623 g/mol. The first-order valence-electron chi connectivity index (χ1n) is 15.2. The Bertz CT molecular complexity index is 1250. The van der Waals surface area contributed by atoms with Gasteiger partial charge in [0.2, 0.25) is 0 Å². The predicted molar refractivity (Wildman–Crippen MR) is 164 cm³/mol. The van der Waals surface area contributed by atoms with Crippen LogP contribution in [0.2, 0.25) is 0 Å². The van der Waals surface area contributed by atoms with Gasteiger partial charge in [0.1, 0.15) is 28.4 Å². The second-order valence-electron chi connectivity index (χ2n) is 14.0. The molecule has 44 heavy (non-hydrogen) atoms. The molecule has 3 heterocycles. The van der Waals surface area contributed by atoms with Crippen molar-refractivity contribution in [3.8, 4) is 5.75 Å². The fourth-order valence-corrected chi connectivity index (χ4v) is 5.67. The first-order chi connectivity index (χ1) is 20.1. The van der Waals surface area contributed by atoms with Gasteiger partial charge in [-0.3, -0.25) is 0 Å². The van der Waals surface area contributed by atoms with Crippen molar-refractivity contribution in [3.05, 3.63) is 65.5 Å². The molecular weight excluding hydrogens is 574 g/mol. The van der Waals surface area contributed by atoms with Crippen LogP contribution in [0.25, 0.3) is 0 Å². The summed E-state index contributed by atoms with van der Waals surface area (Å²) in [7, 11) is 0. The number of aliphatic hydroxyl groups is 1. The van der Waals surface area contributed by atoms with E-state index in [1.165, 1.54) is 11.6 Å². The monoisotopic (exact) mass is 622 g/mol. The van der Waals surface area contributed by atoms with Crippen LogP contribution in [0.15, 0.2) is 48.5 Å². The van der Waals surface area contributed by atoms with E-state index >= 15 is 0 Å². The van der Waals surface area contributed by atoms with E-state index in [9.17, 15) is 19.1 Å². The van der Waals surface area contributed by atoms with Crippen molar-refractivity contribution in [2.45, 2.75) is 102 Å². The first-order valence-corrected chi connectivity index (χ1v) is 15.2. The smallest absolute Gasteiger partial charge is 1.00 e. The molecule has 0 unspecified atom stereocenters. The van der Waals surface area contributed by atoms with Gasteiger partial charge in [0.15, 0.2) is 0 Å². The number of carbonyl (C=O) groups is 2. The Morgan fingerprint density at radius 2 is 1.32 bits per heavy atom. The summed E-state index contributed by atoms with van der Waals surface area (Å²) in [6.45, 7) is 13.4. The number of benzene rings is 2. The summed E-state index contributed by atoms with van der Waals surface area (Å²) in [6.07, 6.45) is 3.20. The van der Waals surface area contributed by atoms with Crippen LogP contribution >= 0.6 is 0 Å². The summed E-state index contributed by atoms with van der Waals surface area (Å²) in [5.74, 6) is 0.703. The third-order valence-electron chi connectivity index (χ3n) is 7.96. The molecule has 3 aliphatic rings. The molecule has 0 aliphatic carbocycles. The number of nitrogens with zero attached hydrogens (tertiary/aromatic N) is 2. The molecular formula is C34H48FN2NaO6. The maximum Gasteiger partial charge on any atom is 1.00 e. The summed E-state index contributed by atoms with van der Waals surface area (Å²) >= 11 is 0. The Hall–Kier alpha value is -2.33. The summed E-state index contributed by atoms with van der Waals surface area (Å²) in [4.78, 5) is 27.5. The number of ether oxygens (including phenoxy) is 3. The van der Waals surface area contributed by atoms with Crippen molar-refractivity contribution in [1.82, 2.24) is 9.80 Å². The van der Waals surface area contributed by atoms with Gasteiger partial charge in [-0.15, -0.1) is 0 Å². The molecule has 5 rings (SSSR count). The van der Waals surface area contributed by atoms with Crippen molar-refractivity contribution in [2.75, 3.05) is 26.2 Å². The quantitative estimate of drug-likeness (QED) is 0.515. The van der Waals surface area contributed by atoms with Crippen molar-refractivity contribution in [1.29, 1.82) is 0 Å². The number of likely N-dealkylation sites (tertiary alicyclic amines) is 2. The maximum absolute atomic E-state index is 13.7. The van der Waals surface area contributed by atoms with Crippen LogP contribution in [0.5, 0.6) is 5.75 Å². The van der Waals surface area contributed by atoms with Crippen LogP contribution in [-0.4, -0.2) is 75.7 Å². The summed E-state index contributed by atoms with van der Waals surface area (Å²) < 4.78 is 30.7. The number of piperidine rings is 2. The molecule has 1 spiro atoms. The van der Waals surface area contributed by atoms with Gasteiger partial charge < -0.3 is 30.5 Å². The molecule has 238 valence electrons. The van der Waals surface area contributed by atoms with Crippen LogP contribution in [0, 0.1) is 5.82 Å². The number of hydrogen-bond acceptors (Lipinski definition) is 6. The van der Waals surface area contributed by atoms with E-state index in [0.29, 0.717) is 44.6 Å². The number of hydrogen-bond donors (Lipinski definition) is 1. The van der Waals surface area contributed by atoms with Crippen LogP contribution in [-0.2, 0) is 22.3 Å². The van der Waals surface area contributed by atoms with Crippen molar-refractivity contribution >= 4 is 12.2 Å². The van der Waals surface area contributed by atoms with Crippen molar-refractivity contribution in [3.63, 3.8) is 0 Å². The van der Waals surface area contributed by atoms with E-state index in [1.807, 2.05) is 53.7 Å². The summed E-state index contributed by atoms with van der Waals surface area (Å²) in [5.41, 5.74) is -0.272. The Morgan fingerprint density at radius 3 is 1.82 bits per heavy atom. The second kappa shape index (κ2) is 14.4. The van der Waals surface area contributed by atoms with E-state index < -0.39 is 16.8 Å². The number of para-hydroxylation sites is 1. The molecule has 2 saturated heterocycles. The average Bonchev–Trinajstić information content (AvgIpc) is 3.26. The molecule has 0 aromatic heterocycles. The van der Waals surface area contributed by atoms with Gasteiger partial charge in [-0.1, -0.05) is 36.4 Å². The number of carbonyl (C=O) groups excluding carboxylic acids is 2. The van der Waals surface area contributed by atoms with Gasteiger partial charge in [-0.25, -0.2) is 14.0 Å². The fourth-order valence-electron chi connectivity index (χ4n) is 5.67. The van der Waals surface area contributed by atoms with Gasteiger partial charge in [0.05, 0.1) is 5.60 Å². The van der Waals surface area contributed by atoms with Gasteiger partial charge >= 0.3 is 41.7 Å². The topological polar surface area (TPSA) is 88.5 Å². The Morgan fingerprint density at radius 1 is 0.841 bits per heavy atom. The van der Waals surface area contributed by atoms with Crippen LogP contribution < -0.4 is 34.3 Å². The minimum Gasteiger partial charge on any atom is -1.00 e. The molecule has 8 nitrogen and oxygen atoms in total. The molecule has 2 fully saturated rings. The Balaban J connectivity index is 0.000000300. The zero-order valence-electron chi connectivity index (χ0n) is 28.5. The van der Waals surface area contributed by atoms with Crippen LogP contribution in [0.1, 0.15) is 79.8 Å². The van der Waals surface area contributed by atoms with E-state index in [-0.39, 0.29) is 61.0 Å². The fraction of sp³-hybridized carbons (Fsp3) is 0.588. The molecule has 10 heteroatoms. The molecule has 1 N–H and O–H groups in total. The first kappa shape index (κ1) is 36.1. The molecule has 0 atom stereocenters. The Labute approximate surface area is 285 Å². The summed E-state index contributed by atoms with van der Waals surface area (Å²) in [5, 5.41) is 10.6. The number of rotatable bonds is 2. The standard InChI is InChI=1S/C17H24FNO3.C17H23NO3.Na.H/c1-16(2,3)22-15(20)19-10-8-17(21,9-11-19)12-13-6-4-5-7-14(13)18;1-16(2,3)21-15(19)18-10-8-17(9-11-18)12-13-6-4-5-7-14(13)20-17;;/h4-7,21H,8-12H2,1-3H3;4-7H,8-12H2,1-3H3;;/q;;+1;-1. The molecule has 0 radical (unpaired) electrons. The molecule has 0 bridgehead atoms. The molecule has 3 aliphatic heterocycles. The minimum absolute atomic E-state index is 0. The van der Waals surface area contributed by atoms with Gasteiger partial charge in [-0.2, -0.15) is 0 Å². The number of fused-ring (bicyclic) bond motifs is 1. The van der Waals surface area contributed by atoms with E-state index in [4.69, 9.17) is 14.2 Å². The van der Waals surface area contributed by atoms with Crippen LogP contribution in [0.3, 0.4) is 0 Å². The van der Waals surface area contributed by atoms with E-state index in [0.717, 1.165) is 25.0 Å². The van der Waals surface area contributed by atoms with E-state index in [2.05, 4.69) is 12.1 Å². The van der Waals surface area contributed by atoms with Crippen molar-refractivity contribution < 1.29 is 64.3 Å². The SMILES string of the molecule is CC(C)(C)OC(=O)N1CCC(O)(Cc2ccccc2F)CC1.CC(C)(C)OC(=O)N1CCC2(CC1)Cc1ccccc1O2.[H-].[Na+]. The Kier molecular flexibility index (Phi) is 11.8. The predicted octanol–water partition coefficient (Wildman–Crippen LogP) is 3.64. The van der Waals surface area contributed by atoms with E-state index in [1.54, 1.807) is 28.0 Å². The zero-order chi connectivity index (χ0) is 31.5. The van der Waals surface area contributed by atoms with Crippen LogP contribution in [0.4, 0.5) is 14.0 Å². The molecule has 2 amide bonds. The summed E-state index contributed by atoms with van der Waals surface area (Å²) in [6, 6.07) is 14.7. The van der Waals surface area contributed by atoms with Crippen molar-refractivity contribution in [2.24, 2.45) is 0 Å². The third-order valence-corrected chi connectivity index (χ3v) is 7.96. The number of halogens is 1. The normalized spacial score (nSPS) is 18.6. The van der Waals surface area contributed by atoms with Gasteiger partial charge in [-0.05, 0) is 77.6 Å². The van der Waals surface area contributed by atoms with Gasteiger partial charge in [0.25, 0.3) is 0 Å². The minimum atomic E-state index is -0.972. The van der Waals surface area contributed by atoms with Gasteiger partial charge in [0, 0.05) is 51.9 Å². The number of amides is 2. The third kappa shape index (κ3) is 10.1. The molecule has 2 aromatic carbocycles. The molecule has 0 saturated carbocycles. The second-order valence-corrected chi connectivity index (χ2v) is 14.0.